The normalized spacial score (nSPS) is 26.5. The van der Waals surface area contributed by atoms with Crippen LogP contribution in [0.25, 0.3) is 0 Å². The fraction of sp³-hybridized carbons (Fsp3) is 0.769. The lowest BCUT2D eigenvalue weighted by molar-refractivity contribution is -0.243. The maximum Gasteiger partial charge on any atom is 0.427 e. The first-order valence-corrected chi connectivity index (χ1v) is 7.06. The van der Waals surface area contributed by atoms with Crippen molar-refractivity contribution < 1.29 is 32.3 Å². The second-order valence-electron chi connectivity index (χ2n) is 6.27. The zero-order valence-electron chi connectivity index (χ0n) is 12.7. The highest BCUT2D eigenvalue weighted by Crippen LogP contribution is 2.55. The number of carbonyl (C=O) groups is 3. The Morgan fingerprint density at radius 2 is 1.96 bits per heavy atom. The third-order valence-electron chi connectivity index (χ3n) is 4.40. The first kappa shape index (κ1) is 17.4. The van der Waals surface area contributed by atoms with Crippen LogP contribution in [0.1, 0.15) is 26.7 Å². The van der Waals surface area contributed by atoms with Crippen molar-refractivity contribution in [1.29, 1.82) is 0 Å². The molecule has 2 rings (SSSR count). The second kappa shape index (κ2) is 5.27. The van der Waals surface area contributed by atoms with Gasteiger partial charge in [0.2, 0.25) is 17.4 Å². The molecule has 1 aliphatic heterocycles. The van der Waals surface area contributed by atoms with E-state index in [0.29, 0.717) is 33.2 Å². The minimum atomic E-state index is -4.74. The van der Waals surface area contributed by atoms with Gasteiger partial charge in [0, 0.05) is 6.54 Å². The first-order chi connectivity index (χ1) is 10.4. The molecule has 1 saturated carbocycles. The lowest BCUT2D eigenvalue weighted by atomic mass is 10.1. The number of rotatable bonds is 4. The third-order valence-corrected chi connectivity index (χ3v) is 4.40. The molecule has 0 aromatic heterocycles. The van der Waals surface area contributed by atoms with E-state index in [1.165, 1.54) is 4.90 Å². The topological polar surface area (TPSA) is 102 Å². The van der Waals surface area contributed by atoms with Crippen LogP contribution in [0.2, 0.25) is 0 Å². The molecule has 0 radical (unpaired) electrons. The molecular weight excluding hydrogens is 319 g/mol. The van der Waals surface area contributed by atoms with E-state index in [2.05, 4.69) is 4.74 Å². The minimum Gasteiger partial charge on any atom is -0.434 e. The lowest BCUT2D eigenvalue weighted by Gasteiger charge is -2.28. The number of nitrogens with two attached hydrogens (primary N) is 1. The number of ether oxygens (including phenoxy) is 1. The van der Waals surface area contributed by atoms with Crippen LogP contribution in [0.5, 0.6) is 0 Å². The number of carbonyl (C=O) groups excluding carboxylic acids is 3. The summed E-state index contributed by atoms with van der Waals surface area (Å²) in [4.78, 5) is 36.3. The Morgan fingerprint density at radius 3 is 2.43 bits per heavy atom. The van der Waals surface area contributed by atoms with E-state index in [4.69, 9.17) is 5.73 Å². The number of hydrogen-bond acceptors (Lipinski definition) is 4. The fourth-order valence-electron chi connectivity index (χ4n) is 2.82. The van der Waals surface area contributed by atoms with Gasteiger partial charge in [0.1, 0.15) is 12.1 Å². The van der Waals surface area contributed by atoms with Gasteiger partial charge >= 0.3 is 12.3 Å². The van der Waals surface area contributed by atoms with Gasteiger partial charge in [-0.05, 0) is 32.6 Å². The third kappa shape index (κ3) is 2.93. The van der Waals surface area contributed by atoms with E-state index in [-0.39, 0.29) is 5.92 Å². The van der Waals surface area contributed by atoms with Gasteiger partial charge in [0.25, 0.3) is 0 Å². The van der Waals surface area contributed by atoms with Crippen LogP contribution < -0.4 is 11.1 Å². The van der Waals surface area contributed by atoms with Crippen molar-refractivity contribution >= 4 is 17.9 Å². The van der Waals surface area contributed by atoms with Crippen LogP contribution in [-0.2, 0) is 14.3 Å². The fourth-order valence-corrected chi connectivity index (χ4v) is 2.82. The van der Waals surface area contributed by atoms with Crippen LogP contribution in [0.3, 0.4) is 0 Å². The van der Waals surface area contributed by atoms with E-state index in [0.717, 1.165) is 0 Å². The number of hydrogen-bond donors (Lipinski definition) is 2. The predicted molar refractivity (Wildman–Crippen MR) is 71.0 cm³/mol. The van der Waals surface area contributed by atoms with Gasteiger partial charge in [-0.2, -0.15) is 13.2 Å². The summed E-state index contributed by atoms with van der Waals surface area (Å²) in [6.45, 7) is 1.17. The van der Waals surface area contributed by atoms with Crippen LogP contribution in [0.4, 0.5) is 18.0 Å². The average molecular weight is 337 g/mol. The molecular formula is C13H18F3N3O4. The summed E-state index contributed by atoms with van der Waals surface area (Å²) in [6.07, 6.45) is -4.97. The quantitative estimate of drug-likeness (QED) is 0.781. The molecule has 23 heavy (non-hydrogen) atoms. The highest BCUT2D eigenvalue weighted by atomic mass is 19.4. The smallest absolute Gasteiger partial charge is 0.427 e. The molecule has 3 amide bonds. The molecule has 0 bridgehead atoms. The molecule has 2 atom stereocenters. The number of piperidine rings is 1. The molecule has 1 aliphatic carbocycles. The summed E-state index contributed by atoms with van der Waals surface area (Å²) in [5.41, 5.74) is 1.65. The summed E-state index contributed by atoms with van der Waals surface area (Å²) in [5, 5.41) is 1.98. The van der Waals surface area contributed by atoms with Gasteiger partial charge in [0.05, 0.1) is 0 Å². The zero-order chi connectivity index (χ0) is 17.6. The van der Waals surface area contributed by atoms with E-state index in [1.807, 2.05) is 5.32 Å². The van der Waals surface area contributed by atoms with Gasteiger partial charge < -0.3 is 20.7 Å². The molecule has 7 nitrogen and oxygen atoms in total. The molecule has 130 valence electrons. The Hall–Kier alpha value is -2.00. The van der Waals surface area contributed by atoms with Crippen LogP contribution in [0.15, 0.2) is 0 Å². The largest absolute Gasteiger partial charge is 0.434 e. The van der Waals surface area contributed by atoms with E-state index < -0.39 is 41.8 Å². The number of halogens is 3. The van der Waals surface area contributed by atoms with Crippen molar-refractivity contribution in [3.05, 3.63) is 0 Å². The van der Waals surface area contributed by atoms with E-state index >= 15 is 0 Å². The van der Waals surface area contributed by atoms with Crippen LogP contribution in [-0.4, -0.2) is 53.2 Å². The molecule has 2 unspecified atom stereocenters. The Balaban J connectivity index is 1.88. The number of nitrogens with zero attached hydrogens (tertiary/aromatic N) is 1. The van der Waals surface area contributed by atoms with Crippen molar-refractivity contribution in [3.8, 4) is 0 Å². The van der Waals surface area contributed by atoms with Crippen LogP contribution >= 0.6 is 0 Å². The minimum absolute atomic E-state index is 0.0278. The van der Waals surface area contributed by atoms with Gasteiger partial charge in [0.15, 0.2) is 0 Å². The lowest BCUT2D eigenvalue weighted by Crippen LogP contribution is -2.52. The number of amides is 3. The Labute approximate surface area is 130 Å². The van der Waals surface area contributed by atoms with Gasteiger partial charge in [-0.1, -0.05) is 0 Å². The summed E-state index contributed by atoms with van der Waals surface area (Å²) in [7, 11) is 0. The summed E-state index contributed by atoms with van der Waals surface area (Å²) < 4.78 is 42.1. The standard InChI is InChI=1S/C13H18F3N3O4/c1-11(2,13(14,15)16)23-10(22)18-6-8(20)19-4-3-7-5-12(7,19)9(17)21/h7H,3-6H2,1-2H3,(H2,17,21)(H,18,22). The Bertz CT molecular complexity index is 549. The Kier molecular flexibility index (Phi) is 3.98. The van der Waals surface area contributed by atoms with Gasteiger partial charge in [-0.25, -0.2) is 4.79 Å². The molecule has 1 heterocycles. The second-order valence-corrected chi connectivity index (χ2v) is 6.27. The molecule has 0 spiro atoms. The van der Waals surface area contributed by atoms with Gasteiger partial charge in [-0.15, -0.1) is 0 Å². The first-order valence-electron chi connectivity index (χ1n) is 7.06. The molecule has 0 aromatic rings. The highest BCUT2D eigenvalue weighted by molar-refractivity contribution is 5.95. The molecule has 0 aromatic carbocycles. The van der Waals surface area contributed by atoms with E-state index in [1.54, 1.807) is 0 Å². The summed E-state index contributed by atoms with van der Waals surface area (Å²) in [5.74, 6) is -1.15. The number of alkyl carbamates (subject to hydrolysis) is 1. The van der Waals surface area contributed by atoms with Gasteiger partial charge in [-0.3, -0.25) is 9.59 Å². The number of likely N-dealkylation sites (tertiary alicyclic amines) is 1. The number of nitrogens with one attached hydrogen (secondary N) is 1. The summed E-state index contributed by atoms with van der Waals surface area (Å²) >= 11 is 0. The zero-order valence-corrected chi connectivity index (χ0v) is 12.7. The molecule has 2 fully saturated rings. The SMILES string of the molecule is CC(C)(OC(=O)NCC(=O)N1CCC2CC21C(N)=O)C(F)(F)F. The van der Waals surface area contributed by atoms with Crippen molar-refractivity contribution in [1.82, 2.24) is 10.2 Å². The molecule has 3 N–H and O–H groups in total. The van der Waals surface area contributed by atoms with E-state index in [9.17, 15) is 27.6 Å². The number of primary amides is 1. The van der Waals surface area contributed by atoms with Crippen molar-refractivity contribution in [2.45, 2.75) is 44.0 Å². The predicted octanol–water partition coefficient (Wildman–Crippen LogP) is 0.530. The summed E-state index contributed by atoms with van der Waals surface area (Å²) in [6, 6.07) is 0. The van der Waals surface area contributed by atoms with Crippen LogP contribution in [0, 0.1) is 5.92 Å². The Morgan fingerprint density at radius 1 is 1.35 bits per heavy atom. The van der Waals surface area contributed by atoms with Crippen molar-refractivity contribution in [2.75, 3.05) is 13.1 Å². The average Bonchev–Trinajstić information content (AvgIpc) is 3.01. The molecule has 10 heteroatoms. The monoisotopic (exact) mass is 337 g/mol. The van der Waals surface area contributed by atoms with Crippen molar-refractivity contribution in [2.24, 2.45) is 11.7 Å². The number of alkyl halides is 3. The molecule has 1 saturated heterocycles. The van der Waals surface area contributed by atoms with Crippen molar-refractivity contribution in [3.63, 3.8) is 0 Å². The maximum atomic E-state index is 12.6. The molecule has 2 aliphatic rings. The highest BCUT2D eigenvalue weighted by Gasteiger charge is 2.67. The number of fused-ring (bicyclic) bond motifs is 1. The maximum absolute atomic E-state index is 12.6.